The van der Waals surface area contributed by atoms with Gasteiger partial charge < -0.3 is 15.1 Å². The number of rotatable bonds is 7. The van der Waals surface area contributed by atoms with Crippen LogP contribution in [0.25, 0.3) is 0 Å². The van der Waals surface area contributed by atoms with Gasteiger partial charge in [-0.05, 0) is 54.8 Å². The van der Waals surface area contributed by atoms with E-state index >= 15 is 0 Å². The van der Waals surface area contributed by atoms with Crippen LogP contribution in [0.5, 0.6) is 0 Å². The molecular formula is C25H23N3O5. The van der Waals surface area contributed by atoms with Crippen LogP contribution in [0.1, 0.15) is 51.5 Å². The molecule has 0 fully saturated rings. The van der Waals surface area contributed by atoms with Crippen LogP contribution >= 0.6 is 0 Å². The van der Waals surface area contributed by atoms with E-state index in [1.165, 1.54) is 6.26 Å². The zero-order chi connectivity index (χ0) is 23.5. The van der Waals surface area contributed by atoms with Crippen molar-refractivity contribution in [3.63, 3.8) is 0 Å². The third kappa shape index (κ3) is 4.55. The first-order chi connectivity index (χ1) is 15.8. The minimum Gasteiger partial charge on any atom is -0.459 e. The van der Waals surface area contributed by atoms with Gasteiger partial charge in [0.1, 0.15) is 6.04 Å². The van der Waals surface area contributed by atoms with Gasteiger partial charge in [0.25, 0.3) is 17.7 Å². The van der Waals surface area contributed by atoms with Gasteiger partial charge in [0.05, 0.1) is 17.4 Å². The molecule has 0 spiro atoms. The average Bonchev–Trinajstić information content (AvgIpc) is 3.41. The van der Waals surface area contributed by atoms with E-state index in [-0.39, 0.29) is 11.7 Å². The Labute approximate surface area is 190 Å². The van der Waals surface area contributed by atoms with E-state index < -0.39 is 29.7 Å². The van der Waals surface area contributed by atoms with Crippen molar-refractivity contribution in [3.05, 3.63) is 83.8 Å². The van der Waals surface area contributed by atoms with E-state index in [1.54, 1.807) is 60.7 Å². The highest BCUT2D eigenvalue weighted by atomic mass is 16.3. The van der Waals surface area contributed by atoms with Crippen molar-refractivity contribution >= 4 is 35.0 Å². The molecule has 1 unspecified atom stereocenters. The SMILES string of the molecule is CC(C)CC(C(=O)Nc1cccc(NC(=O)c2ccco2)c1)N1C(=O)c2ccccc2C1=O. The smallest absolute Gasteiger partial charge is 0.291 e. The fraction of sp³-hybridized carbons (Fsp3) is 0.200. The van der Waals surface area contributed by atoms with Crippen LogP contribution in [0.4, 0.5) is 11.4 Å². The van der Waals surface area contributed by atoms with Crippen LogP contribution in [-0.4, -0.2) is 34.6 Å². The molecule has 0 bridgehead atoms. The van der Waals surface area contributed by atoms with Gasteiger partial charge in [-0.25, -0.2) is 0 Å². The van der Waals surface area contributed by atoms with Gasteiger partial charge in [-0.15, -0.1) is 0 Å². The molecule has 1 aliphatic heterocycles. The number of nitrogens with one attached hydrogen (secondary N) is 2. The molecule has 1 aliphatic rings. The second-order valence-corrected chi connectivity index (χ2v) is 8.17. The number of hydrogen-bond acceptors (Lipinski definition) is 5. The Morgan fingerprint density at radius 1 is 0.879 bits per heavy atom. The second kappa shape index (κ2) is 9.12. The summed E-state index contributed by atoms with van der Waals surface area (Å²) < 4.78 is 5.08. The normalized spacial score (nSPS) is 13.7. The quantitative estimate of drug-likeness (QED) is 0.530. The second-order valence-electron chi connectivity index (χ2n) is 8.17. The molecule has 8 heteroatoms. The number of nitrogens with zero attached hydrogens (tertiary/aromatic N) is 1. The van der Waals surface area contributed by atoms with E-state index in [0.29, 0.717) is 28.9 Å². The van der Waals surface area contributed by atoms with Crippen LogP contribution in [0.15, 0.2) is 71.3 Å². The van der Waals surface area contributed by atoms with Gasteiger partial charge >= 0.3 is 0 Å². The molecule has 2 N–H and O–H groups in total. The number of benzene rings is 2. The minimum absolute atomic E-state index is 0.0592. The topological polar surface area (TPSA) is 109 Å². The van der Waals surface area contributed by atoms with E-state index in [0.717, 1.165) is 4.90 Å². The van der Waals surface area contributed by atoms with Crippen LogP contribution in [0.3, 0.4) is 0 Å². The maximum Gasteiger partial charge on any atom is 0.291 e. The molecule has 2 heterocycles. The minimum atomic E-state index is -0.973. The average molecular weight is 445 g/mol. The Kier molecular flexibility index (Phi) is 6.08. The van der Waals surface area contributed by atoms with Gasteiger partial charge in [-0.2, -0.15) is 0 Å². The molecule has 1 atom stereocenters. The Bertz CT molecular complexity index is 1180. The summed E-state index contributed by atoms with van der Waals surface area (Å²) in [5, 5.41) is 5.48. The standard InChI is InChI=1S/C25H23N3O5/c1-15(2)13-20(28-24(31)18-9-3-4-10-19(18)25(28)32)22(29)26-16-7-5-8-17(14-16)27-23(30)21-11-6-12-33-21/h3-12,14-15,20H,13H2,1-2H3,(H,26,29)(H,27,30). The van der Waals surface area contributed by atoms with E-state index in [2.05, 4.69) is 10.6 Å². The van der Waals surface area contributed by atoms with Crippen molar-refractivity contribution in [3.8, 4) is 0 Å². The molecule has 0 saturated carbocycles. The zero-order valence-electron chi connectivity index (χ0n) is 18.2. The maximum atomic E-state index is 13.2. The molecule has 0 radical (unpaired) electrons. The lowest BCUT2D eigenvalue weighted by atomic mass is 10.0. The van der Waals surface area contributed by atoms with Gasteiger partial charge in [0.2, 0.25) is 5.91 Å². The maximum absolute atomic E-state index is 13.2. The lowest BCUT2D eigenvalue weighted by molar-refractivity contribution is -0.120. The first-order valence-corrected chi connectivity index (χ1v) is 10.6. The highest BCUT2D eigenvalue weighted by molar-refractivity contribution is 6.23. The molecule has 4 rings (SSSR count). The zero-order valence-corrected chi connectivity index (χ0v) is 18.2. The molecule has 33 heavy (non-hydrogen) atoms. The molecule has 0 aliphatic carbocycles. The van der Waals surface area contributed by atoms with Crippen molar-refractivity contribution in [2.24, 2.45) is 5.92 Å². The summed E-state index contributed by atoms with van der Waals surface area (Å²) in [5.41, 5.74) is 1.47. The highest BCUT2D eigenvalue weighted by Crippen LogP contribution is 2.28. The van der Waals surface area contributed by atoms with Crippen molar-refractivity contribution in [2.45, 2.75) is 26.3 Å². The summed E-state index contributed by atoms with van der Waals surface area (Å²) in [4.78, 5) is 52.4. The molecule has 168 valence electrons. The summed E-state index contributed by atoms with van der Waals surface area (Å²) in [6.07, 6.45) is 1.71. The molecule has 4 amide bonds. The van der Waals surface area contributed by atoms with Crippen molar-refractivity contribution in [1.29, 1.82) is 0 Å². The fourth-order valence-corrected chi connectivity index (χ4v) is 3.77. The van der Waals surface area contributed by atoms with Crippen molar-refractivity contribution in [2.75, 3.05) is 10.6 Å². The summed E-state index contributed by atoms with van der Waals surface area (Å²) >= 11 is 0. The third-order valence-corrected chi connectivity index (χ3v) is 5.27. The number of carbonyl (C=O) groups excluding carboxylic acids is 4. The molecule has 2 aromatic carbocycles. The van der Waals surface area contributed by atoms with Crippen LogP contribution in [0.2, 0.25) is 0 Å². The van der Waals surface area contributed by atoms with Gasteiger partial charge in [-0.3, -0.25) is 24.1 Å². The Balaban J connectivity index is 1.53. The first kappa shape index (κ1) is 22.0. The van der Waals surface area contributed by atoms with Crippen LogP contribution in [0, 0.1) is 5.92 Å². The van der Waals surface area contributed by atoms with Crippen LogP contribution in [-0.2, 0) is 4.79 Å². The molecule has 1 aromatic heterocycles. The van der Waals surface area contributed by atoms with Crippen molar-refractivity contribution in [1.82, 2.24) is 4.90 Å². The molecule has 8 nitrogen and oxygen atoms in total. The number of carbonyl (C=O) groups is 4. The lowest BCUT2D eigenvalue weighted by Crippen LogP contribution is -2.47. The van der Waals surface area contributed by atoms with E-state index in [9.17, 15) is 19.2 Å². The van der Waals surface area contributed by atoms with Gasteiger partial charge in [0.15, 0.2) is 5.76 Å². The van der Waals surface area contributed by atoms with Gasteiger partial charge in [0, 0.05) is 11.4 Å². The number of hydrogen-bond donors (Lipinski definition) is 2. The number of anilines is 2. The fourth-order valence-electron chi connectivity index (χ4n) is 3.77. The Hall–Kier alpha value is -4.20. The number of imide groups is 1. The largest absolute Gasteiger partial charge is 0.459 e. The molecular weight excluding hydrogens is 422 g/mol. The number of amides is 4. The van der Waals surface area contributed by atoms with Gasteiger partial charge in [-0.1, -0.05) is 32.0 Å². The summed E-state index contributed by atoms with van der Waals surface area (Å²) in [6, 6.07) is 15.3. The third-order valence-electron chi connectivity index (χ3n) is 5.27. The summed E-state index contributed by atoms with van der Waals surface area (Å²) in [5.74, 6) is -1.64. The van der Waals surface area contributed by atoms with Crippen molar-refractivity contribution < 1.29 is 23.6 Å². The Morgan fingerprint density at radius 2 is 1.52 bits per heavy atom. The Morgan fingerprint density at radius 3 is 2.09 bits per heavy atom. The summed E-state index contributed by atoms with van der Waals surface area (Å²) in [6.45, 7) is 3.84. The highest BCUT2D eigenvalue weighted by Gasteiger charge is 2.42. The first-order valence-electron chi connectivity index (χ1n) is 10.6. The predicted molar refractivity (Wildman–Crippen MR) is 122 cm³/mol. The monoisotopic (exact) mass is 445 g/mol. The van der Waals surface area contributed by atoms with Crippen LogP contribution < -0.4 is 10.6 Å². The van der Waals surface area contributed by atoms with E-state index in [4.69, 9.17) is 4.42 Å². The predicted octanol–water partition coefficient (Wildman–Crippen LogP) is 4.18. The molecule has 3 aromatic rings. The number of fused-ring (bicyclic) bond motifs is 1. The van der Waals surface area contributed by atoms with E-state index in [1.807, 2.05) is 13.8 Å². The summed E-state index contributed by atoms with van der Waals surface area (Å²) in [7, 11) is 0. The molecule has 0 saturated heterocycles. The lowest BCUT2D eigenvalue weighted by Gasteiger charge is -2.26. The number of furan rings is 1.